The summed E-state index contributed by atoms with van der Waals surface area (Å²) in [5.41, 5.74) is 1.83. The molecule has 4 rings (SSSR count). The molecule has 1 amide bonds. The van der Waals surface area contributed by atoms with E-state index >= 15 is 0 Å². The Hall–Kier alpha value is -3.85. The number of hydrogen-bond acceptors (Lipinski definition) is 6. The third-order valence-corrected chi connectivity index (χ3v) is 4.23. The maximum Gasteiger partial charge on any atom is 0.251 e. The molecule has 4 aromatic rings. The molecule has 2 heterocycles. The fraction of sp³-hybridized carbons (Fsp3) is 0.100. The molecule has 29 heavy (non-hydrogen) atoms. The Morgan fingerprint density at radius 3 is 2.59 bits per heavy atom. The van der Waals surface area contributed by atoms with Crippen LogP contribution in [0.4, 0.5) is 4.39 Å². The molecule has 0 spiro atoms. The maximum absolute atomic E-state index is 13.0. The molecule has 0 fully saturated rings. The summed E-state index contributed by atoms with van der Waals surface area (Å²) in [6.07, 6.45) is 3.52. The first-order valence-electron chi connectivity index (χ1n) is 8.75. The van der Waals surface area contributed by atoms with Crippen LogP contribution in [0.15, 0.2) is 71.5 Å². The van der Waals surface area contributed by atoms with Crippen LogP contribution in [0.25, 0.3) is 17.1 Å². The van der Waals surface area contributed by atoms with E-state index < -0.39 is 24.4 Å². The van der Waals surface area contributed by atoms with E-state index in [0.717, 1.165) is 5.69 Å². The van der Waals surface area contributed by atoms with E-state index in [0.29, 0.717) is 11.4 Å². The number of carbonyl (C=O) groups excluding carboxylic acids is 1. The van der Waals surface area contributed by atoms with Gasteiger partial charge in [-0.1, -0.05) is 5.16 Å². The molecule has 8 nitrogen and oxygen atoms in total. The lowest BCUT2D eigenvalue weighted by Crippen LogP contribution is -2.31. The quantitative estimate of drug-likeness (QED) is 0.521. The zero-order valence-electron chi connectivity index (χ0n) is 15.1. The van der Waals surface area contributed by atoms with Crippen LogP contribution in [0.5, 0.6) is 0 Å². The lowest BCUT2D eigenvalue weighted by Gasteiger charge is -2.12. The number of rotatable bonds is 6. The Morgan fingerprint density at radius 1 is 1.17 bits per heavy atom. The van der Waals surface area contributed by atoms with Gasteiger partial charge in [-0.05, 0) is 54.6 Å². The molecule has 0 saturated heterocycles. The Bertz CT molecular complexity index is 1090. The summed E-state index contributed by atoms with van der Waals surface area (Å²) in [5, 5.41) is 20.3. The molecule has 0 aliphatic rings. The topological polar surface area (TPSA) is 106 Å². The fourth-order valence-electron chi connectivity index (χ4n) is 2.71. The predicted octanol–water partition coefficient (Wildman–Crippen LogP) is 2.52. The molecular weight excluding hydrogens is 377 g/mol. The summed E-state index contributed by atoms with van der Waals surface area (Å²) in [6, 6.07) is 13.3. The number of halogens is 1. The number of hydrogen-bond donors (Lipinski definition) is 2. The van der Waals surface area contributed by atoms with Crippen molar-refractivity contribution in [3.63, 3.8) is 0 Å². The minimum absolute atomic E-state index is 0.0640. The molecule has 1 atom stereocenters. The monoisotopic (exact) mass is 393 g/mol. The van der Waals surface area contributed by atoms with Crippen molar-refractivity contribution < 1.29 is 18.8 Å². The number of aliphatic hydroxyl groups is 1. The number of benzene rings is 2. The van der Waals surface area contributed by atoms with Gasteiger partial charge in [-0.25, -0.2) is 9.07 Å². The molecule has 0 bridgehead atoms. The molecule has 0 aliphatic heterocycles. The molecule has 0 radical (unpaired) electrons. The van der Waals surface area contributed by atoms with Crippen molar-refractivity contribution in [1.82, 2.24) is 25.2 Å². The third kappa shape index (κ3) is 4.04. The van der Waals surface area contributed by atoms with Crippen LogP contribution in [-0.2, 0) is 0 Å². The van der Waals surface area contributed by atoms with Crippen LogP contribution in [0.3, 0.4) is 0 Å². The summed E-state index contributed by atoms with van der Waals surface area (Å²) in [7, 11) is 0. The number of amides is 1. The molecule has 146 valence electrons. The van der Waals surface area contributed by atoms with Gasteiger partial charge >= 0.3 is 0 Å². The van der Waals surface area contributed by atoms with Crippen molar-refractivity contribution in [2.75, 3.05) is 6.61 Å². The van der Waals surface area contributed by atoms with Crippen LogP contribution in [0.2, 0.25) is 0 Å². The van der Waals surface area contributed by atoms with Crippen molar-refractivity contribution in [1.29, 1.82) is 0 Å². The van der Waals surface area contributed by atoms with Crippen molar-refractivity contribution in [3.8, 4) is 17.1 Å². The summed E-state index contributed by atoms with van der Waals surface area (Å²) in [6.45, 7) is -0.438. The highest BCUT2D eigenvalue weighted by atomic mass is 19.1. The summed E-state index contributed by atoms with van der Waals surface area (Å²) in [4.78, 5) is 16.6. The second-order valence-corrected chi connectivity index (χ2v) is 6.17. The van der Waals surface area contributed by atoms with E-state index in [-0.39, 0.29) is 11.5 Å². The van der Waals surface area contributed by atoms with Gasteiger partial charge in [0.2, 0.25) is 5.82 Å². The number of aromatic nitrogens is 4. The number of carbonyl (C=O) groups is 1. The van der Waals surface area contributed by atoms with E-state index in [4.69, 9.17) is 4.52 Å². The van der Waals surface area contributed by atoms with E-state index in [1.165, 1.54) is 24.3 Å². The van der Waals surface area contributed by atoms with Gasteiger partial charge in [0.25, 0.3) is 11.8 Å². The first kappa shape index (κ1) is 18.5. The van der Waals surface area contributed by atoms with Crippen molar-refractivity contribution in [3.05, 3.63) is 84.3 Å². The van der Waals surface area contributed by atoms with E-state index in [1.54, 1.807) is 10.9 Å². The standard InChI is InChI=1S/C20H16FN5O3/c21-15-6-2-14(3-7-15)19(28)23-17(12-27)20-24-18(25-29-20)13-4-8-16(9-5-13)26-11-1-10-22-26/h1-11,17,27H,12H2,(H,23,28). The van der Waals surface area contributed by atoms with Crippen molar-refractivity contribution >= 4 is 5.91 Å². The van der Waals surface area contributed by atoms with Crippen LogP contribution in [-0.4, -0.2) is 37.5 Å². The third-order valence-electron chi connectivity index (χ3n) is 4.23. The molecule has 2 aromatic heterocycles. The largest absolute Gasteiger partial charge is 0.394 e. The van der Waals surface area contributed by atoms with Gasteiger partial charge < -0.3 is 14.9 Å². The van der Waals surface area contributed by atoms with E-state index in [2.05, 4.69) is 20.6 Å². The maximum atomic E-state index is 13.0. The fourth-order valence-corrected chi connectivity index (χ4v) is 2.71. The predicted molar refractivity (Wildman–Crippen MR) is 101 cm³/mol. The van der Waals surface area contributed by atoms with Gasteiger partial charge in [-0.3, -0.25) is 4.79 Å². The van der Waals surface area contributed by atoms with Gasteiger partial charge in [0, 0.05) is 23.5 Å². The average molecular weight is 393 g/mol. The number of nitrogens with zero attached hydrogens (tertiary/aromatic N) is 4. The minimum atomic E-state index is -0.892. The normalized spacial score (nSPS) is 11.9. The van der Waals surface area contributed by atoms with Crippen LogP contribution in [0, 0.1) is 5.82 Å². The highest BCUT2D eigenvalue weighted by molar-refractivity contribution is 5.94. The van der Waals surface area contributed by atoms with Gasteiger partial charge in [0.1, 0.15) is 11.9 Å². The Balaban J connectivity index is 1.49. The Labute approximate surface area is 164 Å². The Kier molecular flexibility index (Phi) is 5.12. The van der Waals surface area contributed by atoms with Crippen molar-refractivity contribution in [2.24, 2.45) is 0 Å². The summed E-state index contributed by atoms with van der Waals surface area (Å²) in [5.74, 6) is -0.552. The van der Waals surface area contributed by atoms with Gasteiger partial charge in [0.15, 0.2) is 0 Å². The lowest BCUT2D eigenvalue weighted by molar-refractivity contribution is 0.0901. The number of aliphatic hydroxyl groups excluding tert-OH is 1. The number of nitrogens with one attached hydrogen (secondary N) is 1. The Morgan fingerprint density at radius 2 is 1.93 bits per heavy atom. The molecular formula is C20H16FN5O3. The van der Waals surface area contributed by atoms with E-state index in [9.17, 15) is 14.3 Å². The first-order valence-corrected chi connectivity index (χ1v) is 8.75. The van der Waals surface area contributed by atoms with Crippen LogP contribution < -0.4 is 5.32 Å². The smallest absolute Gasteiger partial charge is 0.251 e. The van der Waals surface area contributed by atoms with Crippen molar-refractivity contribution in [2.45, 2.75) is 6.04 Å². The minimum Gasteiger partial charge on any atom is -0.394 e. The second kappa shape index (κ2) is 8.03. The lowest BCUT2D eigenvalue weighted by atomic mass is 10.2. The van der Waals surface area contributed by atoms with Gasteiger partial charge in [0.05, 0.1) is 12.3 Å². The van der Waals surface area contributed by atoms with Gasteiger partial charge in [-0.15, -0.1) is 0 Å². The van der Waals surface area contributed by atoms with Crippen LogP contribution in [0.1, 0.15) is 22.3 Å². The first-order chi connectivity index (χ1) is 14.1. The van der Waals surface area contributed by atoms with E-state index in [1.807, 2.05) is 36.5 Å². The summed E-state index contributed by atoms with van der Waals surface area (Å²) < 4.78 is 19.9. The second-order valence-electron chi connectivity index (χ2n) is 6.17. The molecule has 0 saturated carbocycles. The average Bonchev–Trinajstić information content (AvgIpc) is 3.45. The highest BCUT2D eigenvalue weighted by Gasteiger charge is 2.21. The molecule has 9 heteroatoms. The zero-order chi connectivity index (χ0) is 20.2. The molecule has 0 aliphatic carbocycles. The van der Waals surface area contributed by atoms with Gasteiger partial charge in [-0.2, -0.15) is 10.1 Å². The molecule has 2 N–H and O–H groups in total. The molecule has 1 unspecified atom stereocenters. The summed E-state index contributed by atoms with van der Waals surface area (Å²) >= 11 is 0. The molecule has 2 aromatic carbocycles. The zero-order valence-corrected chi connectivity index (χ0v) is 15.1. The van der Waals surface area contributed by atoms with Crippen LogP contribution >= 0.6 is 0 Å². The highest BCUT2D eigenvalue weighted by Crippen LogP contribution is 2.20. The SMILES string of the molecule is O=C(NC(CO)c1nc(-c2ccc(-n3cccn3)cc2)no1)c1ccc(F)cc1.